The topological polar surface area (TPSA) is 26.1 Å². The predicted molar refractivity (Wildman–Crippen MR) is 48.5 cm³/mol. The van der Waals surface area contributed by atoms with Crippen molar-refractivity contribution in [1.29, 1.82) is 0 Å². The molecule has 0 aliphatic carbocycles. The van der Waals surface area contributed by atoms with Crippen LogP contribution in [0.1, 0.15) is 6.42 Å². The van der Waals surface area contributed by atoms with Crippen molar-refractivity contribution >= 4 is 0 Å². The number of nitrogens with one attached hydrogen (secondary N) is 1. The van der Waals surface area contributed by atoms with Crippen LogP contribution in [0.25, 0.3) is 5.32 Å². The van der Waals surface area contributed by atoms with E-state index in [1.165, 1.54) is 0 Å². The van der Waals surface area contributed by atoms with Crippen LogP contribution in [0.2, 0.25) is 0 Å². The van der Waals surface area contributed by atoms with E-state index in [1.54, 1.807) is 0 Å². The van der Waals surface area contributed by atoms with Crippen molar-refractivity contribution in [2.75, 3.05) is 20.1 Å². The van der Waals surface area contributed by atoms with E-state index in [2.05, 4.69) is 23.3 Å². The largest absolute Gasteiger partial charge is 1.00 e. The van der Waals surface area contributed by atoms with E-state index < -0.39 is 0 Å². The van der Waals surface area contributed by atoms with E-state index in [9.17, 15) is 0 Å². The van der Waals surface area contributed by atoms with Gasteiger partial charge >= 0.3 is 51.4 Å². The molecule has 1 N–H and O–H groups in total. The van der Waals surface area contributed by atoms with Gasteiger partial charge < -0.3 is 10.6 Å². The van der Waals surface area contributed by atoms with Gasteiger partial charge in [0.05, 0.1) is 0 Å². The van der Waals surface area contributed by atoms with Crippen molar-refractivity contribution in [2.24, 2.45) is 5.41 Å². The number of hydrogen-bond donors (Lipinski definition) is 1. The van der Waals surface area contributed by atoms with Crippen molar-refractivity contribution in [3.05, 3.63) is 30.2 Å². The van der Waals surface area contributed by atoms with Gasteiger partial charge in [0, 0.05) is 12.0 Å². The monoisotopic (exact) mass is 190 g/mol. The Hall–Kier alpha value is 0.876. The zero-order valence-electron chi connectivity index (χ0n) is 8.01. The van der Waals surface area contributed by atoms with Gasteiger partial charge in [-0.15, -0.1) is 13.1 Å². The summed E-state index contributed by atoms with van der Waals surface area (Å²) in [7, 11) is 1.96. The number of nitrogens with zero attached hydrogens (tertiary/aromatic N) is 1. The predicted octanol–water partition coefficient (Wildman–Crippen LogP) is -1.33. The van der Waals surface area contributed by atoms with Gasteiger partial charge in [-0.3, -0.25) is 0 Å². The second-order valence-electron chi connectivity index (χ2n) is 2.94. The molecule has 3 heteroatoms. The maximum atomic E-state index is 4.15. The van der Waals surface area contributed by atoms with E-state index in [1.807, 2.05) is 19.3 Å². The van der Waals surface area contributed by atoms with Gasteiger partial charge in [0.1, 0.15) is 0 Å². The third-order valence-corrected chi connectivity index (χ3v) is 2.13. The van der Waals surface area contributed by atoms with Gasteiger partial charge in [-0.25, -0.2) is 0 Å². The van der Waals surface area contributed by atoms with Gasteiger partial charge in [0.2, 0.25) is 0 Å². The Bertz CT molecular complexity index is 168. The molecule has 0 radical (unpaired) electrons. The van der Waals surface area contributed by atoms with E-state index in [4.69, 9.17) is 0 Å². The van der Waals surface area contributed by atoms with Gasteiger partial charge in [0.25, 0.3) is 0 Å². The summed E-state index contributed by atoms with van der Waals surface area (Å²) in [4.78, 5) is 0. The molecule has 2 nitrogen and oxygen atoms in total. The van der Waals surface area contributed by atoms with Gasteiger partial charge in [-0.1, -0.05) is 18.6 Å². The Balaban J connectivity index is 0.00000121. The van der Waals surface area contributed by atoms with Crippen molar-refractivity contribution < 1.29 is 51.4 Å². The van der Waals surface area contributed by atoms with Crippen molar-refractivity contribution in [2.45, 2.75) is 6.42 Å². The molecular formula is C9H15KN2. The van der Waals surface area contributed by atoms with Gasteiger partial charge in [-0.2, -0.15) is 6.20 Å². The average molecular weight is 190 g/mol. The standard InChI is InChI=1S/C9H15N2.K/c1-3-9(8-10-2)4-6-11-7-5-9;/h3-4,6,10H,1,5,7-8H2,2H3;/q-1;+1. The van der Waals surface area contributed by atoms with Crippen molar-refractivity contribution in [1.82, 2.24) is 5.32 Å². The van der Waals surface area contributed by atoms with Gasteiger partial charge in [-0.05, 0) is 7.05 Å². The average Bonchev–Trinajstić information content (AvgIpc) is 2.07. The molecule has 1 unspecified atom stereocenters. The molecule has 0 aromatic heterocycles. The first-order chi connectivity index (χ1) is 5.33. The van der Waals surface area contributed by atoms with Crippen LogP contribution in [0, 0.1) is 5.41 Å². The second kappa shape index (κ2) is 6.35. The fraction of sp³-hybridized carbons (Fsp3) is 0.556. The molecule has 0 spiro atoms. The molecule has 62 valence electrons. The second-order valence-corrected chi connectivity index (χ2v) is 2.94. The minimum atomic E-state index is 0. The quantitative estimate of drug-likeness (QED) is 0.433. The smallest absolute Gasteiger partial charge is 0.691 e. The Kier molecular flexibility index (Phi) is 6.81. The van der Waals surface area contributed by atoms with Crippen LogP contribution in [-0.2, 0) is 0 Å². The molecule has 0 aromatic carbocycles. The minimum Gasteiger partial charge on any atom is -0.691 e. The zero-order valence-corrected chi connectivity index (χ0v) is 11.1. The number of hydrogen-bond acceptors (Lipinski definition) is 1. The fourth-order valence-corrected chi connectivity index (χ4v) is 1.35. The summed E-state index contributed by atoms with van der Waals surface area (Å²) in [5, 5.41) is 7.31. The van der Waals surface area contributed by atoms with Crippen LogP contribution < -0.4 is 56.7 Å². The molecule has 0 saturated heterocycles. The summed E-state index contributed by atoms with van der Waals surface area (Å²) in [5.74, 6) is 0. The normalized spacial score (nSPS) is 27.1. The van der Waals surface area contributed by atoms with E-state index >= 15 is 0 Å². The molecule has 12 heavy (non-hydrogen) atoms. The maximum Gasteiger partial charge on any atom is 1.00 e. The summed E-state index contributed by atoms with van der Waals surface area (Å²) < 4.78 is 0. The fourth-order valence-electron chi connectivity index (χ4n) is 1.35. The van der Waals surface area contributed by atoms with Crippen molar-refractivity contribution in [3.63, 3.8) is 0 Å². The Morgan fingerprint density at radius 2 is 2.50 bits per heavy atom. The van der Waals surface area contributed by atoms with Crippen LogP contribution in [-0.4, -0.2) is 20.1 Å². The number of rotatable bonds is 3. The summed E-state index contributed by atoms with van der Waals surface area (Å²) >= 11 is 0. The molecule has 0 aromatic rings. The van der Waals surface area contributed by atoms with Gasteiger partial charge in [0.15, 0.2) is 0 Å². The molecule has 0 saturated carbocycles. The molecule has 1 aliphatic rings. The molecule has 0 fully saturated rings. The van der Waals surface area contributed by atoms with Crippen LogP contribution in [0.4, 0.5) is 0 Å². The maximum absolute atomic E-state index is 4.15. The molecule has 0 bridgehead atoms. The zero-order chi connectivity index (χ0) is 8.16. The van der Waals surface area contributed by atoms with Crippen LogP contribution in [0.15, 0.2) is 24.9 Å². The summed E-state index contributed by atoms with van der Waals surface area (Å²) in [5.41, 5.74) is 0.149. The van der Waals surface area contributed by atoms with Crippen LogP contribution in [0.5, 0.6) is 0 Å². The third-order valence-electron chi connectivity index (χ3n) is 2.13. The minimum absolute atomic E-state index is 0. The van der Waals surface area contributed by atoms with E-state index in [-0.39, 0.29) is 56.8 Å². The Morgan fingerprint density at radius 3 is 2.92 bits per heavy atom. The first-order valence-electron chi connectivity index (χ1n) is 3.95. The molecular weight excluding hydrogens is 175 g/mol. The molecule has 1 heterocycles. The summed E-state index contributed by atoms with van der Waals surface area (Å²) in [6.07, 6.45) is 7.10. The summed E-state index contributed by atoms with van der Waals surface area (Å²) in [6.45, 7) is 5.72. The van der Waals surface area contributed by atoms with Crippen LogP contribution in [0.3, 0.4) is 0 Å². The SMILES string of the molecule is C=CC1(CNC)C=C[N-]CC1.[K+]. The molecule has 0 amide bonds. The van der Waals surface area contributed by atoms with E-state index in [0.29, 0.717) is 0 Å². The molecule has 1 rings (SSSR count). The first-order valence-corrected chi connectivity index (χ1v) is 3.95. The Morgan fingerprint density at radius 1 is 1.75 bits per heavy atom. The molecule has 1 atom stereocenters. The Labute approximate surface area is 117 Å². The first kappa shape index (κ1) is 12.9. The molecule has 1 aliphatic heterocycles. The van der Waals surface area contributed by atoms with Crippen LogP contribution >= 0.6 is 0 Å². The summed E-state index contributed by atoms with van der Waals surface area (Å²) in [6, 6.07) is 0. The van der Waals surface area contributed by atoms with E-state index in [0.717, 1.165) is 19.5 Å². The third kappa shape index (κ3) is 3.32. The van der Waals surface area contributed by atoms with Crippen molar-refractivity contribution in [3.8, 4) is 0 Å².